The minimum absolute atomic E-state index is 0.0712. The van der Waals surface area contributed by atoms with Crippen molar-refractivity contribution in [2.24, 2.45) is 0 Å². The highest BCUT2D eigenvalue weighted by atomic mass is 16.3. The van der Waals surface area contributed by atoms with E-state index in [4.69, 9.17) is 10.8 Å². The number of imidazole rings is 1. The van der Waals surface area contributed by atoms with Gasteiger partial charge in [0.25, 0.3) is 0 Å². The second-order valence-corrected chi connectivity index (χ2v) is 3.65. The number of nitrogens with one attached hydrogen (secondary N) is 1. The van der Waals surface area contributed by atoms with Gasteiger partial charge in [-0.2, -0.15) is 0 Å². The summed E-state index contributed by atoms with van der Waals surface area (Å²) in [6.07, 6.45) is 6.04. The van der Waals surface area contributed by atoms with E-state index in [9.17, 15) is 15.3 Å². The third kappa shape index (κ3) is 2.32. The van der Waals surface area contributed by atoms with E-state index >= 15 is 0 Å². The number of hydrogen-bond acceptors (Lipinski definition) is 8. The van der Waals surface area contributed by atoms with Gasteiger partial charge in [0, 0.05) is 12.4 Å². The summed E-state index contributed by atoms with van der Waals surface area (Å²) >= 11 is 0. The molecule has 7 N–H and O–H groups in total. The van der Waals surface area contributed by atoms with Gasteiger partial charge in [0.05, 0.1) is 12.5 Å². The number of hydrogen-bond donors (Lipinski definition) is 6. The van der Waals surface area contributed by atoms with Crippen molar-refractivity contribution in [3.05, 3.63) is 24.9 Å². The number of aromatic nitrogens is 4. The van der Waals surface area contributed by atoms with E-state index in [1.807, 2.05) is 0 Å². The molecule has 20 heavy (non-hydrogen) atoms. The average Bonchev–Trinajstić information content (AvgIpc) is 2.99. The molecule has 104 valence electrons. The number of H-pyrrole nitrogens is 1. The molecule has 9 nitrogen and oxygen atoms in total. The highest BCUT2D eigenvalue weighted by Gasteiger charge is 2.17. The molecular formula is C11H11N5O4. The molecule has 9 heteroatoms. The molecule has 0 radical (unpaired) electrons. The smallest absolute Gasteiger partial charge is 0.201 e. The maximum absolute atomic E-state index is 9.46. The Balaban J connectivity index is 0.000000247. The molecule has 0 aliphatic carbocycles. The fraction of sp³-hybridized carbons (Fsp3) is 0. The third-order valence-corrected chi connectivity index (χ3v) is 2.35. The lowest BCUT2D eigenvalue weighted by atomic mass is 10.2. The molecule has 0 spiro atoms. The molecule has 0 fully saturated rings. The largest absolute Gasteiger partial charge is 0.504 e. The van der Waals surface area contributed by atoms with Gasteiger partial charge in [0.15, 0.2) is 28.7 Å². The summed E-state index contributed by atoms with van der Waals surface area (Å²) in [4.78, 5) is 13.7. The van der Waals surface area contributed by atoms with Gasteiger partial charge in [-0.3, -0.25) is 0 Å². The molecule has 0 amide bonds. The summed E-state index contributed by atoms with van der Waals surface area (Å²) in [5.41, 5.74) is 5.20. The van der Waals surface area contributed by atoms with Crippen LogP contribution in [0.4, 0.5) is 5.82 Å². The van der Waals surface area contributed by atoms with Crippen molar-refractivity contribution in [2.75, 3.05) is 5.73 Å². The molecule has 0 saturated heterocycles. The first-order valence-corrected chi connectivity index (χ1v) is 5.33. The summed E-state index contributed by atoms with van der Waals surface area (Å²) in [5, 5.41) is 37.0. The predicted octanol–water partition coefficient (Wildman–Crippen LogP) is 0.444. The van der Waals surface area contributed by atoms with Crippen LogP contribution in [0.1, 0.15) is 0 Å². The Morgan fingerprint density at radius 1 is 1.05 bits per heavy atom. The number of rotatable bonds is 0. The molecule has 3 aromatic heterocycles. The Morgan fingerprint density at radius 3 is 2.35 bits per heavy atom. The van der Waals surface area contributed by atoms with Crippen molar-refractivity contribution in [1.29, 1.82) is 0 Å². The standard InChI is InChI=1S/C8H7N3O4.C3H4N2/c9-7-6(15)5(14)3-4(13)2(12)1-10-8(3)11-7;1-2-5-3-4-1/h1,12,15H,(H4,9,10,11,13,14);1-3H,(H,4,5). The van der Waals surface area contributed by atoms with Crippen LogP contribution in [0, 0.1) is 0 Å². The Bertz CT molecular complexity index is 712. The van der Waals surface area contributed by atoms with Gasteiger partial charge in [0.2, 0.25) is 5.75 Å². The Kier molecular flexibility index (Phi) is 3.42. The van der Waals surface area contributed by atoms with Crippen LogP contribution in [0.5, 0.6) is 23.0 Å². The van der Waals surface area contributed by atoms with Gasteiger partial charge in [0.1, 0.15) is 5.39 Å². The molecule has 0 aromatic carbocycles. The topological polar surface area (TPSA) is 161 Å². The summed E-state index contributed by atoms with van der Waals surface area (Å²) in [6.45, 7) is 0. The average molecular weight is 277 g/mol. The van der Waals surface area contributed by atoms with E-state index in [1.165, 1.54) is 0 Å². The normalized spacial score (nSPS) is 10.0. The number of aromatic amines is 1. The van der Waals surface area contributed by atoms with Gasteiger partial charge >= 0.3 is 0 Å². The lowest BCUT2D eigenvalue weighted by Gasteiger charge is -2.06. The number of aromatic hydroxyl groups is 4. The summed E-state index contributed by atoms with van der Waals surface area (Å²) < 4.78 is 0. The first kappa shape index (κ1) is 13.2. The molecule has 0 aliphatic heterocycles. The van der Waals surface area contributed by atoms with E-state index in [1.54, 1.807) is 18.7 Å². The summed E-state index contributed by atoms with van der Waals surface area (Å²) in [5.74, 6) is -2.77. The maximum atomic E-state index is 9.46. The van der Waals surface area contributed by atoms with Gasteiger partial charge in [-0.05, 0) is 0 Å². The van der Waals surface area contributed by atoms with Gasteiger partial charge in [-0.25, -0.2) is 15.0 Å². The molecule has 3 aromatic rings. The number of fused-ring (bicyclic) bond motifs is 1. The molecule has 3 rings (SSSR count). The van der Waals surface area contributed by atoms with Crippen molar-refractivity contribution in [3.8, 4) is 23.0 Å². The molecule has 0 saturated carbocycles. The maximum Gasteiger partial charge on any atom is 0.201 e. The molecule has 3 heterocycles. The second kappa shape index (κ2) is 5.18. The third-order valence-electron chi connectivity index (χ3n) is 2.35. The fourth-order valence-electron chi connectivity index (χ4n) is 1.41. The zero-order valence-corrected chi connectivity index (χ0v) is 10.0. The molecule has 0 unspecified atom stereocenters. The predicted molar refractivity (Wildman–Crippen MR) is 69.2 cm³/mol. The highest BCUT2D eigenvalue weighted by molar-refractivity contribution is 5.93. The van der Waals surface area contributed by atoms with Crippen molar-refractivity contribution >= 4 is 16.9 Å². The number of nitrogens with zero attached hydrogens (tertiary/aromatic N) is 3. The van der Waals surface area contributed by atoms with Crippen LogP contribution in [-0.4, -0.2) is 40.4 Å². The SMILES string of the molecule is Nc1nc2ncc(O)c(O)c2c(O)c1O.c1c[nH]cn1. The zero-order valence-electron chi connectivity index (χ0n) is 10.0. The lowest BCUT2D eigenvalue weighted by Crippen LogP contribution is -1.94. The number of anilines is 1. The minimum atomic E-state index is -0.668. The summed E-state index contributed by atoms with van der Waals surface area (Å²) in [7, 11) is 0. The first-order valence-electron chi connectivity index (χ1n) is 5.33. The van der Waals surface area contributed by atoms with Gasteiger partial charge in [-0.1, -0.05) is 0 Å². The number of pyridine rings is 2. The Labute approximate surface area is 112 Å². The minimum Gasteiger partial charge on any atom is -0.504 e. The zero-order chi connectivity index (χ0) is 14.7. The molecular weight excluding hydrogens is 266 g/mol. The molecule has 0 atom stereocenters. The Hall–Kier alpha value is -3.23. The van der Waals surface area contributed by atoms with Crippen LogP contribution in [0.3, 0.4) is 0 Å². The quantitative estimate of drug-likeness (QED) is 0.345. The van der Waals surface area contributed by atoms with E-state index in [0.29, 0.717) is 0 Å². The molecule has 0 aliphatic rings. The molecule has 0 bridgehead atoms. The highest BCUT2D eigenvalue weighted by Crippen LogP contribution is 2.43. The van der Waals surface area contributed by atoms with Gasteiger partial charge < -0.3 is 31.1 Å². The fourth-order valence-corrected chi connectivity index (χ4v) is 1.41. The van der Waals surface area contributed by atoms with Gasteiger partial charge in [-0.15, -0.1) is 0 Å². The summed E-state index contributed by atoms with van der Waals surface area (Å²) in [6, 6.07) is 0. The van der Waals surface area contributed by atoms with Crippen molar-refractivity contribution < 1.29 is 20.4 Å². The van der Waals surface area contributed by atoms with Crippen molar-refractivity contribution in [1.82, 2.24) is 19.9 Å². The second-order valence-electron chi connectivity index (χ2n) is 3.65. The Morgan fingerprint density at radius 2 is 1.80 bits per heavy atom. The lowest BCUT2D eigenvalue weighted by molar-refractivity contribution is 0.394. The van der Waals surface area contributed by atoms with Crippen molar-refractivity contribution in [3.63, 3.8) is 0 Å². The van der Waals surface area contributed by atoms with Crippen LogP contribution in [-0.2, 0) is 0 Å². The monoisotopic (exact) mass is 277 g/mol. The van der Waals surface area contributed by atoms with Crippen LogP contribution < -0.4 is 5.73 Å². The first-order chi connectivity index (χ1) is 9.52. The van der Waals surface area contributed by atoms with Crippen LogP contribution >= 0.6 is 0 Å². The number of nitrogen functional groups attached to an aromatic ring is 1. The van der Waals surface area contributed by atoms with E-state index in [-0.39, 0.29) is 16.9 Å². The van der Waals surface area contributed by atoms with E-state index in [0.717, 1.165) is 6.20 Å². The van der Waals surface area contributed by atoms with Crippen LogP contribution in [0.2, 0.25) is 0 Å². The van der Waals surface area contributed by atoms with Crippen LogP contribution in [0.25, 0.3) is 11.0 Å². The van der Waals surface area contributed by atoms with E-state index in [2.05, 4.69) is 19.9 Å². The van der Waals surface area contributed by atoms with Crippen molar-refractivity contribution in [2.45, 2.75) is 0 Å². The number of nitrogens with two attached hydrogens (primary N) is 1. The van der Waals surface area contributed by atoms with E-state index < -0.39 is 23.0 Å². The van der Waals surface area contributed by atoms with Crippen LogP contribution in [0.15, 0.2) is 24.9 Å².